The van der Waals surface area contributed by atoms with Crippen LogP contribution in [0.1, 0.15) is 36.2 Å². The molecule has 1 heterocycles. The zero-order valence-electron chi connectivity index (χ0n) is 20.2. The Kier molecular flexibility index (Phi) is 9.10. The van der Waals surface area contributed by atoms with Crippen molar-refractivity contribution in [2.45, 2.75) is 43.1 Å². The maximum absolute atomic E-state index is 13.6. The predicted octanol–water partition coefficient (Wildman–Crippen LogP) is 5.74. The van der Waals surface area contributed by atoms with E-state index >= 15 is 0 Å². The van der Waals surface area contributed by atoms with E-state index in [2.05, 4.69) is 15.5 Å². The van der Waals surface area contributed by atoms with Gasteiger partial charge >= 0.3 is 0 Å². The second-order valence-corrected chi connectivity index (χ2v) is 9.23. The molecule has 0 aliphatic heterocycles. The Morgan fingerprint density at radius 2 is 1.81 bits per heavy atom. The number of hydrogen-bond acceptors (Lipinski definition) is 5. The van der Waals surface area contributed by atoms with Gasteiger partial charge in [0.15, 0.2) is 5.16 Å². The number of nitrogens with one attached hydrogen (secondary N) is 1. The van der Waals surface area contributed by atoms with Gasteiger partial charge in [-0.2, -0.15) is 0 Å². The molecule has 186 valence electrons. The first kappa shape index (κ1) is 25.4. The molecule has 36 heavy (non-hydrogen) atoms. The van der Waals surface area contributed by atoms with Crippen molar-refractivity contribution in [2.24, 2.45) is 0 Å². The summed E-state index contributed by atoms with van der Waals surface area (Å²) in [5.74, 6) is 1.97. The summed E-state index contributed by atoms with van der Waals surface area (Å²) >= 11 is 1.52. The van der Waals surface area contributed by atoms with Gasteiger partial charge in [0, 0.05) is 36.4 Å². The standard InChI is InChI=1S/C28H29FN4O2S/c1-35-25-15-6-5-11-22(25)19-30-27(34)17-8-7-16-26-31-32-28(33(26)24-13-3-2-4-14-24)36-20-21-10-9-12-23(29)18-21/h2-6,9-15,18H,7-8,16-17,19-20H2,1H3,(H,30,34). The number of halogens is 1. The minimum absolute atomic E-state index is 0.0109. The fraction of sp³-hybridized carbons (Fsp3) is 0.250. The van der Waals surface area contributed by atoms with Crippen molar-refractivity contribution in [2.75, 3.05) is 7.11 Å². The normalized spacial score (nSPS) is 10.8. The second kappa shape index (κ2) is 12.9. The lowest BCUT2D eigenvalue weighted by Crippen LogP contribution is -2.22. The van der Waals surface area contributed by atoms with E-state index in [0.29, 0.717) is 25.1 Å². The molecule has 3 aromatic carbocycles. The topological polar surface area (TPSA) is 69.0 Å². The van der Waals surface area contributed by atoms with Crippen LogP contribution in [0.2, 0.25) is 0 Å². The molecule has 8 heteroatoms. The highest BCUT2D eigenvalue weighted by Gasteiger charge is 2.15. The number of thioether (sulfide) groups is 1. The number of amides is 1. The van der Waals surface area contributed by atoms with E-state index in [0.717, 1.165) is 46.4 Å². The minimum atomic E-state index is -0.245. The summed E-state index contributed by atoms with van der Waals surface area (Å²) in [5, 5.41) is 12.6. The number of carbonyl (C=O) groups is 1. The first-order chi connectivity index (χ1) is 17.6. The number of rotatable bonds is 12. The smallest absolute Gasteiger partial charge is 0.220 e. The van der Waals surface area contributed by atoms with Crippen LogP contribution >= 0.6 is 11.8 Å². The molecule has 0 spiro atoms. The number of methoxy groups -OCH3 is 1. The summed E-state index contributed by atoms with van der Waals surface area (Å²) in [5.41, 5.74) is 2.82. The molecule has 4 rings (SSSR count). The SMILES string of the molecule is COc1ccccc1CNC(=O)CCCCc1nnc(SCc2cccc(F)c2)n1-c1ccccc1. The number of ether oxygens (including phenoxy) is 1. The van der Waals surface area contributed by atoms with E-state index in [1.807, 2.05) is 65.2 Å². The predicted molar refractivity (Wildman–Crippen MR) is 140 cm³/mol. The number of hydrogen-bond donors (Lipinski definition) is 1. The number of nitrogens with zero attached hydrogens (tertiary/aromatic N) is 3. The highest BCUT2D eigenvalue weighted by atomic mass is 32.2. The molecule has 4 aromatic rings. The van der Waals surface area contributed by atoms with Gasteiger partial charge < -0.3 is 10.1 Å². The van der Waals surface area contributed by atoms with Crippen LogP contribution in [-0.4, -0.2) is 27.8 Å². The molecular formula is C28H29FN4O2S. The Balaban J connectivity index is 1.33. The Labute approximate surface area is 214 Å². The third-order valence-corrected chi connectivity index (χ3v) is 6.69. The van der Waals surface area contributed by atoms with E-state index in [4.69, 9.17) is 4.74 Å². The van der Waals surface area contributed by atoms with Gasteiger partial charge in [-0.05, 0) is 48.7 Å². The summed E-state index contributed by atoms with van der Waals surface area (Å²) in [6.45, 7) is 0.442. The fourth-order valence-electron chi connectivity index (χ4n) is 3.87. The molecule has 0 aliphatic carbocycles. The molecule has 0 bridgehead atoms. The third kappa shape index (κ3) is 6.95. The van der Waals surface area contributed by atoms with Gasteiger partial charge in [-0.1, -0.05) is 60.3 Å². The van der Waals surface area contributed by atoms with Gasteiger partial charge in [0.1, 0.15) is 17.4 Å². The third-order valence-electron chi connectivity index (χ3n) is 5.69. The first-order valence-electron chi connectivity index (χ1n) is 11.9. The van der Waals surface area contributed by atoms with Crippen LogP contribution in [0, 0.1) is 5.82 Å². The largest absolute Gasteiger partial charge is 0.496 e. The minimum Gasteiger partial charge on any atom is -0.496 e. The summed E-state index contributed by atoms with van der Waals surface area (Å²) in [6, 6.07) is 24.2. The highest BCUT2D eigenvalue weighted by Crippen LogP contribution is 2.26. The Morgan fingerprint density at radius 1 is 1.00 bits per heavy atom. The number of aryl methyl sites for hydroxylation is 1. The van der Waals surface area contributed by atoms with Crippen LogP contribution in [0.15, 0.2) is 84.0 Å². The number of aromatic nitrogens is 3. The van der Waals surface area contributed by atoms with E-state index in [-0.39, 0.29) is 11.7 Å². The maximum atomic E-state index is 13.6. The molecule has 0 saturated heterocycles. The van der Waals surface area contributed by atoms with E-state index in [9.17, 15) is 9.18 Å². The summed E-state index contributed by atoms with van der Waals surface area (Å²) in [6.07, 6.45) is 2.69. The zero-order valence-corrected chi connectivity index (χ0v) is 21.0. The van der Waals surface area contributed by atoms with Crippen molar-refractivity contribution >= 4 is 17.7 Å². The molecule has 0 unspecified atom stereocenters. The van der Waals surface area contributed by atoms with Crippen molar-refractivity contribution in [1.29, 1.82) is 0 Å². The molecule has 0 fully saturated rings. The van der Waals surface area contributed by atoms with Gasteiger partial charge in [-0.25, -0.2) is 4.39 Å². The molecule has 1 amide bonds. The summed E-state index contributed by atoms with van der Waals surface area (Å²) in [4.78, 5) is 12.3. The molecule has 0 saturated carbocycles. The lowest BCUT2D eigenvalue weighted by Gasteiger charge is -2.11. The van der Waals surface area contributed by atoms with Gasteiger partial charge in [-0.15, -0.1) is 10.2 Å². The highest BCUT2D eigenvalue weighted by molar-refractivity contribution is 7.98. The van der Waals surface area contributed by atoms with Gasteiger partial charge in [0.25, 0.3) is 0 Å². The van der Waals surface area contributed by atoms with E-state index in [1.54, 1.807) is 13.2 Å². The molecular weight excluding hydrogens is 475 g/mol. The lowest BCUT2D eigenvalue weighted by atomic mass is 10.1. The molecule has 1 N–H and O–H groups in total. The quantitative estimate of drug-likeness (QED) is 0.197. The summed E-state index contributed by atoms with van der Waals surface area (Å²) in [7, 11) is 1.63. The average Bonchev–Trinajstić information content (AvgIpc) is 3.32. The zero-order chi connectivity index (χ0) is 25.2. The van der Waals surface area contributed by atoms with Crippen LogP contribution < -0.4 is 10.1 Å². The second-order valence-electron chi connectivity index (χ2n) is 8.28. The molecule has 0 atom stereocenters. The van der Waals surface area contributed by atoms with Crippen LogP contribution in [0.4, 0.5) is 4.39 Å². The number of para-hydroxylation sites is 2. The van der Waals surface area contributed by atoms with Gasteiger partial charge in [0.05, 0.1) is 7.11 Å². The van der Waals surface area contributed by atoms with Crippen molar-refractivity contribution in [3.63, 3.8) is 0 Å². The molecule has 6 nitrogen and oxygen atoms in total. The van der Waals surface area contributed by atoms with Gasteiger partial charge in [0.2, 0.25) is 5.91 Å². The average molecular weight is 505 g/mol. The maximum Gasteiger partial charge on any atom is 0.220 e. The number of carbonyl (C=O) groups excluding carboxylic acids is 1. The Hall–Kier alpha value is -3.65. The van der Waals surface area contributed by atoms with Crippen molar-refractivity contribution in [3.8, 4) is 11.4 Å². The van der Waals surface area contributed by atoms with Crippen molar-refractivity contribution < 1.29 is 13.9 Å². The van der Waals surface area contributed by atoms with E-state index < -0.39 is 0 Å². The Bertz CT molecular complexity index is 1280. The van der Waals surface area contributed by atoms with Crippen molar-refractivity contribution in [1.82, 2.24) is 20.1 Å². The lowest BCUT2D eigenvalue weighted by molar-refractivity contribution is -0.121. The monoisotopic (exact) mass is 504 g/mol. The van der Waals surface area contributed by atoms with E-state index in [1.165, 1.54) is 23.9 Å². The summed E-state index contributed by atoms with van der Waals surface area (Å²) < 4.78 is 20.9. The number of benzene rings is 3. The van der Waals surface area contributed by atoms with Crippen LogP contribution in [0.5, 0.6) is 5.75 Å². The van der Waals surface area contributed by atoms with Crippen LogP contribution in [0.3, 0.4) is 0 Å². The van der Waals surface area contributed by atoms with Gasteiger partial charge in [-0.3, -0.25) is 9.36 Å². The molecule has 0 aliphatic rings. The molecule has 0 radical (unpaired) electrons. The first-order valence-corrected chi connectivity index (χ1v) is 12.9. The van der Waals surface area contributed by atoms with Crippen LogP contribution in [0.25, 0.3) is 5.69 Å². The Morgan fingerprint density at radius 3 is 2.61 bits per heavy atom. The molecule has 1 aromatic heterocycles. The van der Waals surface area contributed by atoms with Crippen LogP contribution in [-0.2, 0) is 23.5 Å². The fourth-order valence-corrected chi connectivity index (χ4v) is 4.78. The van der Waals surface area contributed by atoms with Crippen molar-refractivity contribution in [3.05, 3.63) is 102 Å². The number of unbranched alkanes of at least 4 members (excludes halogenated alkanes) is 1.